The zero-order chi connectivity index (χ0) is 27.4. The molecule has 0 saturated carbocycles. The third-order valence-corrected chi connectivity index (χ3v) is 7.74. The van der Waals surface area contributed by atoms with Crippen molar-refractivity contribution in [2.75, 3.05) is 20.2 Å². The van der Waals surface area contributed by atoms with Crippen molar-refractivity contribution in [3.63, 3.8) is 0 Å². The van der Waals surface area contributed by atoms with Crippen molar-refractivity contribution in [3.05, 3.63) is 69.8 Å². The number of carbonyl (C=O) groups is 2. The van der Waals surface area contributed by atoms with Gasteiger partial charge in [-0.2, -0.15) is 4.31 Å². The van der Waals surface area contributed by atoms with Gasteiger partial charge in [-0.1, -0.05) is 12.1 Å². The monoisotopic (exact) mass is 533 g/mol. The number of rotatable bonds is 7. The maximum Gasteiger partial charge on any atom is 0.410 e. The van der Waals surface area contributed by atoms with Crippen LogP contribution in [0.15, 0.2) is 53.4 Å². The Hall–Kier alpha value is -3.51. The molecule has 0 N–H and O–H groups in total. The molecule has 37 heavy (non-hydrogen) atoms. The van der Waals surface area contributed by atoms with E-state index in [0.717, 1.165) is 12.1 Å². The number of amides is 1. The second-order valence-corrected chi connectivity index (χ2v) is 11.6. The number of non-ortho nitro benzene ring substituents is 1. The Kier molecular flexibility index (Phi) is 8.54. The standard InChI is InChI=1S/C25H31N3O8S/c1-25(2,3)36-24(30)26-15-5-6-21(17-26)27(16-18-7-9-19(10-8-18)23(29)35-4)37(33,34)22-13-11-20(12-14-22)28(31)32/h7-14,21H,5-6,15-17H2,1-4H3. The minimum Gasteiger partial charge on any atom is -0.465 e. The van der Waals surface area contributed by atoms with Crippen LogP contribution in [-0.2, 0) is 26.0 Å². The van der Waals surface area contributed by atoms with E-state index >= 15 is 0 Å². The van der Waals surface area contributed by atoms with Crippen molar-refractivity contribution in [1.82, 2.24) is 9.21 Å². The SMILES string of the molecule is COC(=O)c1ccc(CN(C2CCCN(C(=O)OC(C)(C)C)C2)S(=O)(=O)c2ccc([N+](=O)[O-])cc2)cc1. The van der Waals surface area contributed by atoms with E-state index in [2.05, 4.69) is 0 Å². The van der Waals surface area contributed by atoms with E-state index in [9.17, 15) is 28.1 Å². The minimum atomic E-state index is -4.12. The van der Waals surface area contributed by atoms with Gasteiger partial charge in [0.1, 0.15) is 5.60 Å². The zero-order valence-corrected chi connectivity index (χ0v) is 22.1. The fourth-order valence-corrected chi connectivity index (χ4v) is 5.65. The molecule has 1 aliphatic rings. The smallest absolute Gasteiger partial charge is 0.410 e. The molecule has 1 fully saturated rings. The van der Waals surface area contributed by atoms with Crippen LogP contribution in [0, 0.1) is 10.1 Å². The number of sulfonamides is 1. The van der Waals surface area contributed by atoms with Crippen molar-refractivity contribution in [3.8, 4) is 0 Å². The van der Waals surface area contributed by atoms with Crippen LogP contribution in [0.4, 0.5) is 10.5 Å². The average Bonchev–Trinajstić information content (AvgIpc) is 2.86. The van der Waals surface area contributed by atoms with Crippen molar-refractivity contribution in [2.45, 2.75) is 56.7 Å². The largest absolute Gasteiger partial charge is 0.465 e. The number of carbonyl (C=O) groups excluding carboxylic acids is 2. The highest BCUT2D eigenvalue weighted by atomic mass is 32.2. The van der Waals surface area contributed by atoms with Crippen LogP contribution in [-0.4, -0.2) is 66.5 Å². The van der Waals surface area contributed by atoms with Gasteiger partial charge in [0.15, 0.2) is 0 Å². The molecule has 11 nitrogen and oxygen atoms in total. The van der Waals surface area contributed by atoms with Crippen LogP contribution in [0.3, 0.4) is 0 Å². The molecule has 0 bridgehead atoms. The van der Waals surface area contributed by atoms with Gasteiger partial charge in [-0.15, -0.1) is 0 Å². The van der Waals surface area contributed by atoms with Crippen molar-refractivity contribution < 1.29 is 32.4 Å². The van der Waals surface area contributed by atoms with Crippen molar-refractivity contribution in [2.24, 2.45) is 0 Å². The van der Waals surface area contributed by atoms with Gasteiger partial charge < -0.3 is 14.4 Å². The number of piperidine rings is 1. The van der Waals surface area contributed by atoms with Gasteiger partial charge in [0, 0.05) is 37.8 Å². The van der Waals surface area contributed by atoms with Gasteiger partial charge >= 0.3 is 12.1 Å². The molecular weight excluding hydrogens is 502 g/mol. The Bertz CT molecular complexity index is 1240. The quantitative estimate of drug-likeness (QED) is 0.296. The van der Waals surface area contributed by atoms with Crippen molar-refractivity contribution in [1.29, 1.82) is 0 Å². The van der Waals surface area contributed by atoms with E-state index in [1.54, 1.807) is 45.0 Å². The lowest BCUT2D eigenvalue weighted by Crippen LogP contribution is -2.52. The number of hydrogen-bond acceptors (Lipinski definition) is 8. The molecule has 2 aromatic carbocycles. The number of likely N-dealkylation sites (tertiary alicyclic amines) is 1. The lowest BCUT2D eigenvalue weighted by Gasteiger charge is -2.39. The summed E-state index contributed by atoms with van der Waals surface area (Å²) in [6, 6.07) is 10.5. The molecule has 12 heteroatoms. The zero-order valence-electron chi connectivity index (χ0n) is 21.2. The van der Waals surface area contributed by atoms with Crippen molar-refractivity contribution >= 4 is 27.8 Å². The van der Waals surface area contributed by atoms with E-state index in [1.807, 2.05) is 0 Å². The minimum absolute atomic E-state index is 0.0341. The number of hydrogen-bond donors (Lipinski definition) is 0. The van der Waals surface area contributed by atoms with Crippen LogP contribution in [0.2, 0.25) is 0 Å². The molecule has 0 aromatic heterocycles. The molecule has 200 valence electrons. The third-order valence-electron chi connectivity index (χ3n) is 5.82. The lowest BCUT2D eigenvalue weighted by atomic mass is 10.1. The number of esters is 1. The summed E-state index contributed by atoms with van der Waals surface area (Å²) in [6.45, 7) is 5.81. The predicted molar refractivity (Wildman–Crippen MR) is 134 cm³/mol. The van der Waals surface area contributed by atoms with Gasteiger partial charge in [-0.25, -0.2) is 18.0 Å². The van der Waals surface area contributed by atoms with E-state index < -0.39 is 38.7 Å². The van der Waals surface area contributed by atoms with Gasteiger partial charge in [-0.3, -0.25) is 10.1 Å². The molecule has 1 amide bonds. The lowest BCUT2D eigenvalue weighted by molar-refractivity contribution is -0.384. The fraction of sp³-hybridized carbons (Fsp3) is 0.440. The van der Waals surface area contributed by atoms with Crippen LogP contribution in [0.1, 0.15) is 49.5 Å². The molecule has 2 aromatic rings. The summed E-state index contributed by atoms with van der Waals surface area (Å²) in [4.78, 5) is 36.3. The Labute approximate surface area is 216 Å². The average molecular weight is 534 g/mol. The van der Waals surface area contributed by atoms with Crippen LogP contribution >= 0.6 is 0 Å². The van der Waals surface area contributed by atoms with Crippen LogP contribution in [0.5, 0.6) is 0 Å². The van der Waals surface area contributed by atoms with E-state index in [4.69, 9.17) is 9.47 Å². The number of ether oxygens (including phenoxy) is 2. The summed E-state index contributed by atoms with van der Waals surface area (Å²) in [6.07, 6.45) is 0.552. The van der Waals surface area contributed by atoms with Gasteiger partial charge in [0.05, 0.1) is 22.5 Å². The maximum atomic E-state index is 13.8. The number of benzene rings is 2. The van der Waals surface area contributed by atoms with Gasteiger partial charge in [0.2, 0.25) is 10.0 Å². The molecular formula is C25H31N3O8S. The molecule has 1 unspecified atom stereocenters. The summed E-state index contributed by atoms with van der Waals surface area (Å²) in [7, 11) is -2.84. The second-order valence-electron chi connectivity index (χ2n) is 9.71. The fourth-order valence-electron chi connectivity index (χ4n) is 4.01. The summed E-state index contributed by atoms with van der Waals surface area (Å²) in [5, 5.41) is 11.0. The Balaban J connectivity index is 1.95. The Morgan fingerprint density at radius 3 is 2.27 bits per heavy atom. The predicted octanol–water partition coefficient (Wildman–Crippen LogP) is 3.97. The first-order chi connectivity index (χ1) is 17.3. The number of methoxy groups -OCH3 is 1. The number of nitrogens with zero attached hydrogens (tertiary/aromatic N) is 3. The molecule has 1 atom stereocenters. The third kappa shape index (κ3) is 7.04. The molecule has 1 aliphatic heterocycles. The van der Waals surface area contributed by atoms with Gasteiger partial charge in [0.25, 0.3) is 5.69 Å². The second kappa shape index (κ2) is 11.3. The highest BCUT2D eigenvalue weighted by Gasteiger charge is 2.37. The highest BCUT2D eigenvalue weighted by Crippen LogP contribution is 2.28. The topological polar surface area (TPSA) is 136 Å². The molecule has 1 heterocycles. The molecule has 0 spiro atoms. The van der Waals surface area contributed by atoms with E-state index in [-0.39, 0.29) is 23.7 Å². The number of nitro groups is 1. The Morgan fingerprint density at radius 1 is 1.11 bits per heavy atom. The summed E-state index contributed by atoms with van der Waals surface area (Å²) < 4.78 is 39.1. The van der Waals surface area contributed by atoms with Crippen LogP contribution in [0.25, 0.3) is 0 Å². The van der Waals surface area contributed by atoms with Crippen LogP contribution < -0.4 is 0 Å². The summed E-state index contributed by atoms with van der Waals surface area (Å²) >= 11 is 0. The summed E-state index contributed by atoms with van der Waals surface area (Å²) in [5.74, 6) is -0.512. The summed E-state index contributed by atoms with van der Waals surface area (Å²) in [5.41, 5.74) is 0.0191. The first kappa shape index (κ1) is 28.1. The molecule has 1 saturated heterocycles. The number of nitro benzene ring substituents is 1. The normalized spacial score (nSPS) is 16.4. The van der Waals surface area contributed by atoms with E-state index in [0.29, 0.717) is 30.5 Å². The molecule has 0 radical (unpaired) electrons. The van der Waals surface area contributed by atoms with E-state index in [1.165, 1.54) is 28.4 Å². The Morgan fingerprint density at radius 2 is 1.73 bits per heavy atom. The highest BCUT2D eigenvalue weighted by molar-refractivity contribution is 7.89. The first-order valence-corrected chi connectivity index (χ1v) is 13.2. The van der Waals surface area contributed by atoms with Gasteiger partial charge in [-0.05, 0) is 63.4 Å². The first-order valence-electron chi connectivity index (χ1n) is 11.7. The maximum absolute atomic E-state index is 13.8. The molecule has 0 aliphatic carbocycles. The molecule has 3 rings (SSSR count).